The van der Waals surface area contributed by atoms with Crippen LogP contribution >= 0.6 is 11.6 Å². The molecular weight excluding hydrogens is 310 g/mol. The average Bonchev–Trinajstić information content (AvgIpc) is 3.07. The Labute approximate surface area is 139 Å². The van der Waals surface area contributed by atoms with Crippen molar-refractivity contribution in [3.8, 4) is 11.8 Å². The predicted octanol–water partition coefficient (Wildman–Crippen LogP) is 3.97. The van der Waals surface area contributed by atoms with Crippen LogP contribution in [0.4, 0.5) is 5.69 Å². The first-order valence-corrected chi connectivity index (χ1v) is 7.49. The molecule has 0 aliphatic rings. The summed E-state index contributed by atoms with van der Waals surface area (Å²) in [6.07, 6.45) is 1.87. The van der Waals surface area contributed by atoms with E-state index in [9.17, 15) is 5.26 Å². The lowest BCUT2D eigenvalue weighted by atomic mass is 10.1. The Kier molecular flexibility index (Phi) is 4.26. The minimum absolute atomic E-state index is 0.0965. The molecule has 0 radical (unpaired) electrons. The number of rotatable bonds is 4. The lowest BCUT2D eigenvalue weighted by Gasteiger charge is -2.13. The summed E-state index contributed by atoms with van der Waals surface area (Å²) in [6.45, 7) is 1.97. The monoisotopic (exact) mass is 323 g/mol. The van der Waals surface area contributed by atoms with Gasteiger partial charge < -0.3 is 5.32 Å². The summed E-state index contributed by atoms with van der Waals surface area (Å²) in [4.78, 5) is 0. The second kappa shape index (κ2) is 6.51. The van der Waals surface area contributed by atoms with E-state index in [0.29, 0.717) is 10.6 Å². The first-order chi connectivity index (χ1) is 11.2. The number of nitrogens with one attached hydrogen (secondary N) is 1. The molecule has 0 bridgehead atoms. The number of halogens is 1. The van der Waals surface area contributed by atoms with Crippen molar-refractivity contribution in [1.82, 2.24) is 15.0 Å². The van der Waals surface area contributed by atoms with Gasteiger partial charge in [0.05, 0.1) is 29.2 Å². The number of aromatic nitrogens is 3. The van der Waals surface area contributed by atoms with E-state index in [1.807, 2.05) is 43.5 Å². The molecule has 1 heterocycles. The Morgan fingerprint density at radius 2 is 2.00 bits per heavy atom. The van der Waals surface area contributed by atoms with Gasteiger partial charge >= 0.3 is 0 Å². The molecule has 1 aromatic heterocycles. The highest BCUT2D eigenvalue weighted by Crippen LogP contribution is 2.24. The molecule has 0 saturated carbocycles. The maximum atomic E-state index is 9.20. The van der Waals surface area contributed by atoms with Crippen molar-refractivity contribution in [2.45, 2.75) is 13.0 Å². The molecule has 0 aliphatic carbocycles. The fourth-order valence-corrected chi connectivity index (χ4v) is 2.40. The normalized spacial score (nSPS) is 11.7. The number of para-hydroxylation sites is 1. The maximum absolute atomic E-state index is 9.20. The minimum Gasteiger partial charge on any atom is -0.376 e. The Morgan fingerprint density at radius 1 is 1.22 bits per heavy atom. The first kappa shape index (κ1) is 15.1. The van der Waals surface area contributed by atoms with E-state index in [1.165, 1.54) is 0 Å². The maximum Gasteiger partial charge on any atom is 0.105 e. The molecule has 0 spiro atoms. The highest BCUT2D eigenvalue weighted by molar-refractivity contribution is 6.30. The number of anilines is 1. The molecule has 0 saturated heterocycles. The van der Waals surface area contributed by atoms with E-state index in [1.54, 1.807) is 22.9 Å². The lowest BCUT2D eigenvalue weighted by Crippen LogP contribution is -2.08. The van der Waals surface area contributed by atoms with Gasteiger partial charge in [-0.15, -0.1) is 5.10 Å². The molecule has 1 atom stereocenters. The third-order valence-corrected chi connectivity index (χ3v) is 3.68. The van der Waals surface area contributed by atoms with Gasteiger partial charge in [0.1, 0.15) is 11.8 Å². The van der Waals surface area contributed by atoms with E-state index >= 15 is 0 Å². The summed E-state index contributed by atoms with van der Waals surface area (Å²) in [7, 11) is 0. The van der Waals surface area contributed by atoms with Crippen LogP contribution in [0.2, 0.25) is 5.02 Å². The third kappa shape index (κ3) is 3.33. The summed E-state index contributed by atoms with van der Waals surface area (Å²) in [5.74, 6) is 0. The Bertz CT molecular complexity index is 851. The number of nitriles is 1. The second-order valence-corrected chi connectivity index (χ2v) is 5.53. The standard InChI is InChI=1S/C17H14ClN5/c1-12(20-16-8-7-14(18)9-13(16)10-19)17-11-23(22-21-17)15-5-3-2-4-6-15/h2-9,11-12,20H,1H3. The van der Waals surface area contributed by atoms with Crippen LogP contribution in [-0.4, -0.2) is 15.0 Å². The van der Waals surface area contributed by atoms with Gasteiger partial charge in [-0.1, -0.05) is 35.0 Å². The van der Waals surface area contributed by atoms with Gasteiger partial charge in [-0.3, -0.25) is 0 Å². The molecule has 3 rings (SSSR count). The Morgan fingerprint density at radius 3 is 2.74 bits per heavy atom. The van der Waals surface area contributed by atoms with Gasteiger partial charge in [-0.05, 0) is 37.3 Å². The van der Waals surface area contributed by atoms with Crippen molar-refractivity contribution in [2.24, 2.45) is 0 Å². The largest absolute Gasteiger partial charge is 0.376 e. The van der Waals surface area contributed by atoms with Crippen molar-refractivity contribution in [2.75, 3.05) is 5.32 Å². The Hall–Kier alpha value is -2.84. The van der Waals surface area contributed by atoms with Gasteiger partial charge in [0.15, 0.2) is 0 Å². The van der Waals surface area contributed by atoms with Crippen molar-refractivity contribution < 1.29 is 0 Å². The fraction of sp³-hybridized carbons (Fsp3) is 0.118. The zero-order chi connectivity index (χ0) is 16.2. The molecule has 0 amide bonds. The van der Waals surface area contributed by atoms with Crippen LogP contribution in [0.1, 0.15) is 24.2 Å². The molecule has 1 unspecified atom stereocenters. The lowest BCUT2D eigenvalue weighted by molar-refractivity contribution is 0.781. The number of hydrogen-bond acceptors (Lipinski definition) is 4. The van der Waals surface area contributed by atoms with Crippen LogP contribution in [0.5, 0.6) is 0 Å². The van der Waals surface area contributed by atoms with Gasteiger partial charge in [0.2, 0.25) is 0 Å². The molecular formula is C17H14ClN5. The van der Waals surface area contributed by atoms with Crippen molar-refractivity contribution in [3.05, 3.63) is 71.0 Å². The molecule has 2 aromatic carbocycles. The van der Waals surface area contributed by atoms with Gasteiger partial charge in [0, 0.05) is 5.02 Å². The summed E-state index contributed by atoms with van der Waals surface area (Å²) < 4.78 is 1.72. The first-order valence-electron chi connectivity index (χ1n) is 7.11. The quantitative estimate of drug-likeness (QED) is 0.789. The van der Waals surface area contributed by atoms with Crippen LogP contribution in [0.15, 0.2) is 54.7 Å². The average molecular weight is 324 g/mol. The van der Waals surface area contributed by atoms with Crippen LogP contribution in [0.25, 0.3) is 5.69 Å². The van der Waals surface area contributed by atoms with E-state index < -0.39 is 0 Å². The molecule has 0 aliphatic heterocycles. The molecule has 114 valence electrons. The van der Waals surface area contributed by atoms with Gasteiger partial charge in [-0.2, -0.15) is 5.26 Å². The predicted molar refractivity (Wildman–Crippen MR) is 89.6 cm³/mol. The minimum atomic E-state index is -0.0965. The van der Waals surface area contributed by atoms with E-state index in [2.05, 4.69) is 21.7 Å². The van der Waals surface area contributed by atoms with Crippen molar-refractivity contribution in [1.29, 1.82) is 5.26 Å². The molecule has 1 N–H and O–H groups in total. The van der Waals surface area contributed by atoms with Crippen LogP contribution in [0.3, 0.4) is 0 Å². The van der Waals surface area contributed by atoms with E-state index in [-0.39, 0.29) is 6.04 Å². The zero-order valence-corrected chi connectivity index (χ0v) is 13.2. The van der Waals surface area contributed by atoms with Gasteiger partial charge in [-0.25, -0.2) is 4.68 Å². The van der Waals surface area contributed by atoms with Crippen LogP contribution in [0, 0.1) is 11.3 Å². The van der Waals surface area contributed by atoms with Crippen molar-refractivity contribution >= 4 is 17.3 Å². The number of benzene rings is 2. The second-order valence-electron chi connectivity index (χ2n) is 5.09. The molecule has 5 nitrogen and oxygen atoms in total. The summed E-state index contributed by atoms with van der Waals surface area (Å²) >= 11 is 5.92. The van der Waals surface area contributed by atoms with Crippen LogP contribution in [-0.2, 0) is 0 Å². The molecule has 23 heavy (non-hydrogen) atoms. The SMILES string of the molecule is CC(Nc1ccc(Cl)cc1C#N)c1cn(-c2ccccc2)nn1. The van der Waals surface area contributed by atoms with E-state index in [4.69, 9.17) is 11.6 Å². The molecule has 3 aromatic rings. The number of hydrogen-bond donors (Lipinski definition) is 1. The smallest absolute Gasteiger partial charge is 0.105 e. The fourth-order valence-electron chi connectivity index (χ4n) is 2.22. The van der Waals surface area contributed by atoms with E-state index in [0.717, 1.165) is 17.1 Å². The highest BCUT2D eigenvalue weighted by Gasteiger charge is 2.13. The van der Waals surface area contributed by atoms with Crippen molar-refractivity contribution in [3.63, 3.8) is 0 Å². The summed E-state index contributed by atoms with van der Waals surface area (Å²) in [5.41, 5.74) is 2.95. The van der Waals surface area contributed by atoms with Crippen LogP contribution < -0.4 is 5.32 Å². The third-order valence-electron chi connectivity index (χ3n) is 3.45. The van der Waals surface area contributed by atoms with Gasteiger partial charge in [0.25, 0.3) is 0 Å². The molecule has 0 fully saturated rings. The highest BCUT2D eigenvalue weighted by atomic mass is 35.5. The summed E-state index contributed by atoms with van der Waals surface area (Å²) in [6, 6.07) is 17.0. The topological polar surface area (TPSA) is 66.5 Å². The Balaban J connectivity index is 1.81. The zero-order valence-electron chi connectivity index (χ0n) is 12.4. The molecule has 6 heteroatoms. The number of nitrogens with zero attached hydrogens (tertiary/aromatic N) is 4. The summed E-state index contributed by atoms with van der Waals surface area (Å²) in [5, 5.41) is 21.4.